The minimum atomic E-state index is 0.565. The molecular weight excluding hydrogens is 290 g/mol. The third-order valence-corrected chi connectivity index (χ3v) is 2.89. The molecule has 0 bridgehead atoms. The number of halogens is 1. The van der Waals surface area contributed by atoms with Gasteiger partial charge in [-0.25, -0.2) is 0 Å². The predicted molar refractivity (Wildman–Crippen MR) is 79.6 cm³/mol. The van der Waals surface area contributed by atoms with Crippen LogP contribution >= 0.6 is 15.9 Å². The molecule has 98 valence electrons. The first kappa shape index (κ1) is 15.1. The molecule has 0 radical (unpaired) electrons. The first-order chi connectivity index (χ1) is 8.63. The first-order valence-corrected chi connectivity index (χ1v) is 6.98. The lowest BCUT2D eigenvalue weighted by Crippen LogP contribution is -2.19. The second-order valence-corrected chi connectivity index (χ2v) is 5.50. The molecule has 1 aromatic rings. The van der Waals surface area contributed by atoms with Gasteiger partial charge in [0.2, 0.25) is 0 Å². The summed E-state index contributed by atoms with van der Waals surface area (Å²) in [5.41, 5.74) is 1.15. The molecule has 1 N–H and O–H groups in total. The monoisotopic (exact) mass is 309 g/mol. The Bertz CT molecular complexity index is 409. The van der Waals surface area contributed by atoms with Crippen LogP contribution in [0.2, 0.25) is 0 Å². The zero-order chi connectivity index (χ0) is 13.4. The highest BCUT2D eigenvalue weighted by atomic mass is 79.9. The van der Waals surface area contributed by atoms with Crippen LogP contribution in [0.1, 0.15) is 25.8 Å². The lowest BCUT2D eigenvalue weighted by Gasteiger charge is -2.13. The lowest BCUT2D eigenvalue weighted by atomic mass is 10.2. The molecule has 1 rings (SSSR count). The number of rotatable bonds is 7. The standard InChI is InChI=1S/C15H20BrNO/c1-4-5-8-18-15-7-6-14(16)9-13(15)11-17-10-12(2)3/h1,6-7,9,12,17H,5,8,10-11H2,2-3H3. The second-order valence-electron chi connectivity index (χ2n) is 4.58. The van der Waals surface area contributed by atoms with Gasteiger partial charge in [-0.3, -0.25) is 0 Å². The minimum absolute atomic E-state index is 0.565. The van der Waals surface area contributed by atoms with Gasteiger partial charge in [-0.15, -0.1) is 12.3 Å². The molecule has 0 aliphatic heterocycles. The van der Waals surface area contributed by atoms with Crippen molar-refractivity contribution >= 4 is 15.9 Å². The summed E-state index contributed by atoms with van der Waals surface area (Å²) in [6.07, 6.45) is 5.85. The largest absolute Gasteiger partial charge is 0.492 e. The van der Waals surface area contributed by atoms with E-state index in [1.807, 2.05) is 12.1 Å². The molecular formula is C15H20BrNO. The zero-order valence-electron chi connectivity index (χ0n) is 11.0. The Hall–Kier alpha value is -0.980. The van der Waals surface area contributed by atoms with Crippen LogP contribution < -0.4 is 10.1 Å². The fourth-order valence-electron chi connectivity index (χ4n) is 1.54. The van der Waals surface area contributed by atoms with E-state index in [0.717, 1.165) is 28.9 Å². The fourth-order valence-corrected chi connectivity index (χ4v) is 1.95. The number of hydrogen-bond donors (Lipinski definition) is 1. The Morgan fingerprint density at radius 2 is 2.22 bits per heavy atom. The van der Waals surface area contributed by atoms with Gasteiger partial charge in [0.15, 0.2) is 0 Å². The third kappa shape index (κ3) is 5.57. The van der Waals surface area contributed by atoms with Crippen LogP contribution in [-0.2, 0) is 6.54 Å². The number of benzene rings is 1. The van der Waals surface area contributed by atoms with Crippen molar-refractivity contribution < 1.29 is 4.74 Å². The van der Waals surface area contributed by atoms with Crippen molar-refractivity contribution in [3.63, 3.8) is 0 Å². The molecule has 3 heteroatoms. The quantitative estimate of drug-likeness (QED) is 0.614. The molecule has 0 spiro atoms. The molecule has 0 unspecified atom stereocenters. The van der Waals surface area contributed by atoms with Crippen molar-refractivity contribution in [3.05, 3.63) is 28.2 Å². The summed E-state index contributed by atoms with van der Waals surface area (Å²) in [6.45, 7) is 6.76. The minimum Gasteiger partial charge on any atom is -0.492 e. The van der Waals surface area contributed by atoms with Gasteiger partial charge >= 0.3 is 0 Å². The molecule has 0 aliphatic carbocycles. The summed E-state index contributed by atoms with van der Waals surface area (Å²) in [5.74, 6) is 4.13. The average molecular weight is 310 g/mol. The molecule has 18 heavy (non-hydrogen) atoms. The van der Waals surface area contributed by atoms with Crippen LogP contribution in [0.15, 0.2) is 22.7 Å². The van der Waals surface area contributed by atoms with Crippen molar-refractivity contribution in [2.45, 2.75) is 26.8 Å². The van der Waals surface area contributed by atoms with Gasteiger partial charge in [-0.1, -0.05) is 29.8 Å². The summed E-state index contributed by atoms with van der Waals surface area (Å²) in [7, 11) is 0. The Kier molecular flexibility index (Phi) is 6.85. The molecule has 0 saturated heterocycles. The van der Waals surface area contributed by atoms with E-state index in [-0.39, 0.29) is 0 Å². The molecule has 0 atom stereocenters. The highest BCUT2D eigenvalue weighted by molar-refractivity contribution is 9.10. The molecule has 0 amide bonds. The van der Waals surface area contributed by atoms with Crippen LogP contribution in [0.5, 0.6) is 5.75 Å². The average Bonchev–Trinajstić information content (AvgIpc) is 2.31. The van der Waals surface area contributed by atoms with Crippen molar-refractivity contribution in [1.82, 2.24) is 5.32 Å². The summed E-state index contributed by atoms with van der Waals surface area (Å²) in [4.78, 5) is 0. The Labute approximate surface area is 118 Å². The van der Waals surface area contributed by atoms with Gasteiger partial charge in [0.05, 0.1) is 6.61 Å². The van der Waals surface area contributed by atoms with Gasteiger partial charge in [-0.05, 0) is 30.7 Å². The SMILES string of the molecule is C#CCCOc1ccc(Br)cc1CNCC(C)C. The van der Waals surface area contributed by atoms with E-state index in [4.69, 9.17) is 11.2 Å². The van der Waals surface area contributed by atoms with Crippen molar-refractivity contribution in [3.8, 4) is 18.1 Å². The number of ether oxygens (including phenoxy) is 1. The predicted octanol–water partition coefficient (Wildman–Crippen LogP) is 3.60. The zero-order valence-corrected chi connectivity index (χ0v) is 12.6. The molecule has 0 aromatic heterocycles. The Morgan fingerprint density at radius 1 is 1.44 bits per heavy atom. The summed E-state index contributed by atoms with van der Waals surface area (Å²) in [5, 5.41) is 3.42. The van der Waals surface area contributed by atoms with E-state index < -0.39 is 0 Å². The van der Waals surface area contributed by atoms with E-state index in [0.29, 0.717) is 18.9 Å². The molecule has 0 saturated carbocycles. The molecule has 0 fully saturated rings. The maximum Gasteiger partial charge on any atom is 0.123 e. The molecule has 0 aliphatic rings. The van der Waals surface area contributed by atoms with Crippen LogP contribution in [0, 0.1) is 18.3 Å². The van der Waals surface area contributed by atoms with Gasteiger partial charge in [0.1, 0.15) is 5.75 Å². The van der Waals surface area contributed by atoms with Crippen molar-refractivity contribution in [2.24, 2.45) is 5.92 Å². The topological polar surface area (TPSA) is 21.3 Å². The van der Waals surface area contributed by atoms with Gasteiger partial charge in [0.25, 0.3) is 0 Å². The van der Waals surface area contributed by atoms with Crippen LogP contribution in [0.3, 0.4) is 0 Å². The van der Waals surface area contributed by atoms with Gasteiger partial charge in [0, 0.05) is 23.0 Å². The summed E-state index contributed by atoms with van der Waals surface area (Å²) in [6, 6.07) is 6.04. The molecule has 1 aromatic carbocycles. The van der Waals surface area contributed by atoms with Gasteiger partial charge in [-0.2, -0.15) is 0 Å². The Morgan fingerprint density at radius 3 is 2.89 bits per heavy atom. The van der Waals surface area contributed by atoms with Crippen molar-refractivity contribution in [2.75, 3.05) is 13.2 Å². The van der Waals surface area contributed by atoms with E-state index in [1.165, 1.54) is 0 Å². The van der Waals surface area contributed by atoms with Gasteiger partial charge < -0.3 is 10.1 Å². The number of hydrogen-bond acceptors (Lipinski definition) is 2. The van der Waals surface area contributed by atoms with E-state index in [2.05, 4.69) is 47.1 Å². The van der Waals surface area contributed by atoms with E-state index >= 15 is 0 Å². The smallest absolute Gasteiger partial charge is 0.123 e. The van der Waals surface area contributed by atoms with Crippen LogP contribution in [-0.4, -0.2) is 13.2 Å². The highest BCUT2D eigenvalue weighted by Gasteiger charge is 2.05. The number of nitrogens with one attached hydrogen (secondary N) is 1. The lowest BCUT2D eigenvalue weighted by molar-refractivity contribution is 0.322. The van der Waals surface area contributed by atoms with E-state index in [1.54, 1.807) is 0 Å². The second kappa shape index (κ2) is 8.18. The first-order valence-electron chi connectivity index (χ1n) is 6.19. The molecule has 2 nitrogen and oxygen atoms in total. The fraction of sp³-hybridized carbons (Fsp3) is 0.467. The maximum atomic E-state index is 5.69. The maximum absolute atomic E-state index is 5.69. The van der Waals surface area contributed by atoms with E-state index in [9.17, 15) is 0 Å². The van der Waals surface area contributed by atoms with Crippen LogP contribution in [0.4, 0.5) is 0 Å². The summed E-state index contributed by atoms with van der Waals surface area (Å²) < 4.78 is 6.75. The third-order valence-electron chi connectivity index (χ3n) is 2.39. The molecule has 0 heterocycles. The van der Waals surface area contributed by atoms with Crippen molar-refractivity contribution in [1.29, 1.82) is 0 Å². The number of terminal acetylenes is 1. The highest BCUT2D eigenvalue weighted by Crippen LogP contribution is 2.23. The van der Waals surface area contributed by atoms with Crippen LogP contribution in [0.25, 0.3) is 0 Å². The summed E-state index contributed by atoms with van der Waals surface area (Å²) >= 11 is 3.48. The Balaban J connectivity index is 2.62. The normalized spacial score (nSPS) is 10.4.